The minimum Gasteiger partial charge on any atom is -0.496 e. The van der Waals surface area contributed by atoms with Crippen LogP contribution in [-0.4, -0.2) is 18.2 Å². The molecule has 2 rings (SSSR count). The molecule has 1 aromatic carbocycles. The van der Waals surface area contributed by atoms with Gasteiger partial charge in [-0.25, -0.2) is 0 Å². The molecule has 18 heavy (non-hydrogen) atoms. The normalized spacial score (nSPS) is 16.4. The Morgan fingerprint density at radius 3 is 2.72 bits per heavy atom. The summed E-state index contributed by atoms with van der Waals surface area (Å²) in [5.41, 5.74) is 2.14. The van der Waals surface area contributed by atoms with Crippen molar-refractivity contribution in [1.29, 1.82) is 0 Å². The Labute approximate surface area is 115 Å². The van der Waals surface area contributed by atoms with Gasteiger partial charge in [-0.15, -0.1) is 0 Å². The second-order valence-corrected chi connectivity index (χ2v) is 5.68. The zero-order valence-electron chi connectivity index (χ0n) is 10.6. The molecular formula is C14H17BrO3. The van der Waals surface area contributed by atoms with Crippen molar-refractivity contribution in [2.24, 2.45) is 5.92 Å². The molecule has 1 fully saturated rings. The maximum atomic E-state index is 11.1. The molecule has 0 radical (unpaired) electrons. The number of methoxy groups -OCH3 is 1. The van der Waals surface area contributed by atoms with E-state index in [1.807, 2.05) is 19.1 Å². The van der Waals surface area contributed by atoms with Crippen LogP contribution in [0.15, 0.2) is 16.6 Å². The summed E-state index contributed by atoms with van der Waals surface area (Å²) in [4.78, 5) is 11.1. The van der Waals surface area contributed by atoms with E-state index in [0.29, 0.717) is 5.92 Å². The molecule has 0 heterocycles. The predicted molar refractivity (Wildman–Crippen MR) is 73.1 cm³/mol. The van der Waals surface area contributed by atoms with E-state index in [9.17, 15) is 4.79 Å². The van der Waals surface area contributed by atoms with E-state index in [2.05, 4.69) is 15.9 Å². The van der Waals surface area contributed by atoms with Gasteiger partial charge in [-0.1, -0.05) is 15.9 Å². The molecule has 4 heteroatoms. The van der Waals surface area contributed by atoms with Gasteiger partial charge in [0.15, 0.2) is 0 Å². The van der Waals surface area contributed by atoms with E-state index in [-0.39, 0.29) is 12.3 Å². The Morgan fingerprint density at radius 2 is 2.22 bits per heavy atom. The number of ether oxygens (including phenoxy) is 1. The molecule has 1 aliphatic carbocycles. The first kappa shape index (κ1) is 13.4. The van der Waals surface area contributed by atoms with Crippen LogP contribution in [0.2, 0.25) is 0 Å². The first-order valence-electron chi connectivity index (χ1n) is 6.09. The zero-order valence-corrected chi connectivity index (χ0v) is 12.2. The molecule has 1 atom stereocenters. The van der Waals surface area contributed by atoms with Crippen molar-refractivity contribution in [3.63, 3.8) is 0 Å². The molecule has 0 spiro atoms. The lowest BCUT2D eigenvalue weighted by atomic mass is 9.87. The Kier molecular flexibility index (Phi) is 3.95. The molecule has 1 aromatic rings. The molecule has 0 saturated heterocycles. The lowest BCUT2D eigenvalue weighted by Gasteiger charge is -2.21. The molecular weight excluding hydrogens is 296 g/mol. The van der Waals surface area contributed by atoms with Gasteiger partial charge in [0.2, 0.25) is 0 Å². The number of hydrogen-bond acceptors (Lipinski definition) is 2. The van der Waals surface area contributed by atoms with Crippen molar-refractivity contribution in [2.75, 3.05) is 7.11 Å². The highest BCUT2D eigenvalue weighted by atomic mass is 79.9. The van der Waals surface area contributed by atoms with Gasteiger partial charge in [0.05, 0.1) is 13.5 Å². The summed E-state index contributed by atoms with van der Waals surface area (Å²) in [5.74, 6) is 0.611. The fourth-order valence-corrected chi connectivity index (χ4v) is 2.85. The topological polar surface area (TPSA) is 46.5 Å². The van der Waals surface area contributed by atoms with Gasteiger partial charge in [-0.2, -0.15) is 0 Å². The van der Waals surface area contributed by atoms with E-state index in [1.54, 1.807) is 7.11 Å². The third-order valence-electron chi connectivity index (χ3n) is 3.59. The number of rotatable bonds is 5. The van der Waals surface area contributed by atoms with Crippen molar-refractivity contribution in [1.82, 2.24) is 0 Å². The maximum Gasteiger partial charge on any atom is 0.303 e. The van der Waals surface area contributed by atoms with E-state index in [0.717, 1.165) is 34.2 Å². The second kappa shape index (κ2) is 5.31. The summed E-state index contributed by atoms with van der Waals surface area (Å²) in [6, 6.07) is 3.85. The van der Waals surface area contributed by atoms with Gasteiger partial charge in [-0.05, 0) is 43.4 Å². The number of halogens is 1. The zero-order chi connectivity index (χ0) is 13.3. The van der Waals surface area contributed by atoms with Crippen molar-refractivity contribution >= 4 is 21.9 Å². The number of benzene rings is 1. The summed E-state index contributed by atoms with van der Waals surface area (Å²) < 4.78 is 6.42. The lowest BCUT2D eigenvalue weighted by molar-refractivity contribution is -0.137. The molecule has 0 aliphatic heterocycles. The summed E-state index contributed by atoms with van der Waals surface area (Å²) in [7, 11) is 1.64. The molecule has 0 amide bonds. The van der Waals surface area contributed by atoms with Gasteiger partial charge < -0.3 is 9.84 Å². The number of carboxylic acid groups (broad SMARTS) is 1. The molecule has 98 valence electrons. The Bertz CT molecular complexity index is 466. The number of carbonyl (C=O) groups is 1. The molecule has 1 aliphatic rings. The average Bonchev–Trinajstić information content (AvgIpc) is 3.13. The number of carboxylic acids is 1. The van der Waals surface area contributed by atoms with Crippen molar-refractivity contribution in [3.05, 3.63) is 27.7 Å². The lowest BCUT2D eigenvalue weighted by Crippen LogP contribution is -2.11. The summed E-state index contributed by atoms with van der Waals surface area (Å²) >= 11 is 3.51. The first-order chi connectivity index (χ1) is 8.54. The Morgan fingerprint density at radius 1 is 1.56 bits per heavy atom. The highest BCUT2D eigenvalue weighted by molar-refractivity contribution is 9.10. The highest BCUT2D eigenvalue weighted by Gasteiger charge is 2.36. The van der Waals surface area contributed by atoms with Crippen LogP contribution in [-0.2, 0) is 4.79 Å². The summed E-state index contributed by atoms with van der Waals surface area (Å²) in [6.45, 7) is 2.01. The number of aliphatic carboxylic acids is 1. The molecule has 0 bridgehead atoms. The average molecular weight is 313 g/mol. The van der Waals surface area contributed by atoms with Crippen molar-refractivity contribution < 1.29 is 14.6 Å². The van der Waals surface area contributed by atoms with Crippen LogP contribution in [0, 0.1) is 12.8 Å². The monoisotopic (exact) mass is 312 g/mol. The SMILES string of the molecule is COc1ccc(Br)c(C)c1C(CC(=O)O)C1CC1. The summed E-state index contributed by atoms with van der Waals surface area (Å²) in [6.07, 6.45) is 2.42. The standard InChI is InChI=1S/C14H17BrO3/c1-8-11(15)5-6-12(18-2)14(8)10(7-13(16)17)9-3-4-9/h5-6,9-10H,3-4,7H2,1-2H3,(H,16,17). The molecule has 0 aromatic heterocycles. The molecule has 1 N–H and O–H groups in total. The van der Waals surface area contributed by atoms with Crippen LogP contribution >= 0.6 is 15.9 Å². The van der Waals surface area contributed by atoms with Crippen LogP contribution < -0.4 is 4.74 Å². The first-order valence-corrected chi connectivity index (χ1v) is 6.88. The van der Waals surface area contributed by atoms with Gasteiger partial charge in [0.25, 0.3) is 0 Å². The maximum absolute atomic E-state index is 11.1. The van der Waals surface area contributed by atoms with Crippen LogP contribution in [0.4, 0.5) is 0 Å². The largest absolute Gasteiger partial charge is 0.496 e. The molecule has 3 nitrogen and oxygen atoms in total. The van der Waals surface area contributed by atoms with Crippen LogP contribution in [0.3, 0.4) is 0 Å². The second-order valence-electron chi connectivity index (χ2n) is 4.83. The van der Waals surface area contributed by atoms with Gasteiger partial charge in [0, 0.05) is 16.0 Å². The highest BCUT2D eigenvalue weighted by Crippen LogP contribution is 2.48. The third-order valence-corrected chi connectivity index (χ3v) is 4.44. The van der Waals surface area contributed by atoms with E-state index in [1.165, 1.54) is 0 Å². The summed E-state index contributed by atoms with van der Waals surface area (Å²) in [5, 5.41) is 9.09. The van der Waals surface area contributed by atoms with Crippen molar-refractivity contribution in [2.45, 2.75) is 32.1 Å². The van der Waals surface area contributed by atoms with Gasteiger partial charge in [-0.3, -0.25) is 4.79 Å². The van der Waals surface area contributed by atoms with E-state index in [4.69, 9.17) is 9.84 Å². The van der Waals surface area contributed by atoms with Crippen molar-refractivity contribution in [3.8, 4) is 5.75 Å². The fraction of sp³-hybridized carbons (Fsp3) is 0.500. The van der Waals surface area contributed by atoms with Crippen LogP contribution in [0.5, 0.6) is 5.75 Å². The van der Waals surface area contributed by atoms with E-state index < -0.39 is 5.97 Å². The van der Waals surface area contributed by atoms with Crippen LogP contribution in [0.1, 0.15) is 36.3 Å². The predicted octanol–water partition coefficient (Wildman–Crippen LogP) is 3.73. The fourth-order valence-electron chi connectivity index (χ4n) is 2.51. The molecule has 1 unspecified atom stereocenters. The Balaban J connectivity index is 2.44. The molecule has 1 saturated carbocycles. The van der Waals surface area contributed by atoms with E-state index >= 15 is 0 Å². The smallest absolute Gasteiger partial charge is 0.303 e. The Hall–Kier alpha value is -1.03. The minimum absolute atomic E-state index is 0.0648. The third kappa shape index (κ3) is 2.69. The van der Waals surface area contributed by atoms with Gasteiger partial charge >= 0.3 is 5.97 Å². The quantitative estimate of drug-likeness (QED) is 0.901. The van der Waals surface area contributed by atoms with Crippen LogP contribution in [0.25, 0.3) is 0 Å². The number of hydrogen-bond donors (Lipinski definition) is 1. The minimum atomic E-state index is -0.742. The van der Waals surface area contributed by atoms with Gasteiger partial charge in [0.1, 0.15) is 5.75 Å².